The van der Waals surface area contributed by atoms with Crippen LogP contribution in [0.4, 0.5) is 11.4 Å². The Morgan fingerprint density at radius 3 is 2.58 bits per heavy atom. The highest BCUT2D eigenvalue weighted by Crippen LogP contribution is 2.33. The summed E-state index contributed by atoms with van der Waals surface area (Å²) in [7, 11) is -2.25. The lowest BCUT2D eigenvalue weighted by molar-refractivity contribution is 0.450. The summed E-state index contributed by atoms with van der Waals surface area (Å²) >= 11 is 11.9. The van der Waals surface area contributed by atoms with E-state index >= 15 is 0 Å². The van der Waals surface area contributed by atoms with Gasteiger partial charge in [-0.05, 0) is 31.2 Å². The van der Waals surface area contributed by atoms with Gasteiger partial charge in [0.25, 0.3) is 10.0 Å². The first kappa shape index (κ1) is 16.9. The lowest BCUT2D eigenvalue weighted by Crippen LogP contribution is -2.14. The Bertz CT molecular complexity index is 1030. The molecule has 0 atom stereocenters. The molecule has 3 rings (SSSR count). The predicted octanol–water partition coefficient (Wildman–Crippen LogP) is 4.29. The number of aryl methyl sites for hydroxylation is 1. The molecule has 0 saturated heterocycles. The van der Waals surface area contributed by atoms with E-state index in [-0.39, 0.29) is 14.9 Å². The second-order valence-corrected chi connectivity index (χ2v) is 7.59. The highest BCUT2D eigenvalue weighted by molar-refractivity contribution is 7.92. The number of hydrogen-bond donors (Lipinski definition) is 2. The summed E-state index contributed by atoms with van der Waals surface area (Å²) < 4.78 is 33.1. The van der Waals surface area contributed by atoms with Crippen LogP contribution >= 0.6 is 23.2 Å². The average molecular weight is 386 g/mol. The van der Waals surface area contributed by atoms with Crippen molar-refractivity contribution in [2.24, 2.45) is 0 Å². The van der Waals surface area contributed by atoms with Gasteiger partial charge in [-0.25, -0.2) is 8.42 Å². The van der Waals surface area contributed by atoms with Crippen molar-refractivity contribution in [3.05, 3.63) is 46.1 Å². The molecule has 9 heteroatoms. The Morgan fingerprint density at radius 2 is 1.88 bits per heavy atom. The maximum absolute atomic E-state index is 12.7. The number of aromatic nitrogens is 1. The van der Waals surface area contributed by atoms with E-state index in [1.54, 1.807) is 26.1 Å². The SMILES string of the molecule is CNc1cc2onc(C)c2cc1NS(=O)(=O)c1cc(Cl)ccc1Cl. The monoisotopic (exact) mass is 385 g/mol. The number of anilines is 2. The zero-order valence-corrected chi connectivity index (χ0v) is 15.1. The van der Waals surface area contributed by atoms with Crippen LogP contribution in [0.25, 0.3) is 11.0 Å². The van der Waals surface area contributed by atoms with Crippen LogP contribution in [0.2, 0.25) is 10.0 Å². The molecule has 1 aromatic heterocycles. The quantitative estimate of drug-likeness (QED) is 0.699. The lowest BCUT2D eigenvalue weighted by Gasteiger charge is -2.13. The largest absolute Gasteiger partial charge is 0.386 e. The third kappa shape index (κ3) is 3.02. The number of hydrogen-bond acceptors (Lipinski definition) is 5. The van der Waals surface area contributed by atoms with E-state index in [4.69, 9.17) is 27.7 Å². The molecule has 0 aliphatic rings. The first-order valence-corrected chi connectivity index (χ1v) is 9.11. The molecule has 0 fully saturated rings. The third-order valence-electron chi connectivity index (χ3n) is 3.49. The molecule has 24 heavy (non-hydrogen) atoms. The maximum atomic E-state index is 12.7. The zero-order valence-electron chi connectivity index (χ0n) is 12.7. The minimum atomic E-state index is -3.92. The van der Waals surface area contributed by atoms with Crippen molar-refractivity contribution in [1.29, 1.82) is 0 Å². The summed E-state index contributed by atoms with van der Waals surface area (Å²) in [6.07, 6.45) is 0. The Kier molecular flexibility index (Phi) is 4.33. The van der Waals surface area contributed by atoms with Crippen LogP contribution in [0.1, 0.15) is 5.69 Å². The van der Waals surface area contributed by atoms with E-state index in [2.05, 4.69) is 15.2 Å². The molecule has 0 bridgehead atoms. The molecule has 6 nitrogen and oxygen atoms in total. The van der Waals surface area contributed by atoms with Gasteiger partial charge in [-0.2, -0.15) is 0 Å². The van der Waals surface area contributed by atoms with E-state index in [0.717, 1.165) is 0 Å². The van der Waals surface area contributed by atoms with Crippen LogP contribution in [0.3, 0.4) is 0 Å². The summed E-state index contributed by atoms with van der Waals surface area (Å²) in [5.74, 6) is 0. The predicted molar refractivity (Wildman–Crippen MR) is 95.6 cm³/mol. The van der Waals surface area contributed by atoms with Crippen molar-refractivity contribution >= 4 is 55.6 Å². The number of nitrogens with zero attached hydrogens (tertiary/aromatic N) is 1. The molecule has 0 radical (unpaired) electrons. The summed E-state index contributed by atoms with van der Waals surface area (Å²) in [6, 6.07) is 7.59. The molecule has 3 aromatic rings. The Hall–Kier alpha value is -1.96. The summed E-state index contributed by atoms with van der Waals surface area (Å²) in [6.45, 7) is 1.77. The van der Waals surface area contributed by atoms with Crippen molar-refractivity contribution in [3.63, 3.8) is 0 Å². The van der Waals surface area contributed by atoms with E-state index in [9.17, 15) is 8.42 Å². The average Bonchev–Trinajstić information content (AvgIpc) is 2.89. The fourth-order valence-corrected chi connectivity index (χ4v) is 4.11. The van der Waals surface area contributed by atoms with Gasteiger partial charge in [0.15, 0.2) is 5.58 Å². The van der Waals surface area contributed by atoms with Crippen LogP contribution in [0, 0.1) is 6.92 Å². The van der Waals surface area contributed by atoms with Gasteiger partial charge in [-0.3, -0.25) is 4.72 Å². The number of rotatable bonds is 4. The first-order chi connectivity index (χ1) is 11.3. The minimum absolute atomic E-state index is 0.0835. The van der Waals surface area contributed by atoms with Gasteiger partial charge < -0.3 is 9.84 Å². The van der Waals surface area contributed by atoms with Gasteiger partial charge >= 0.3 is 0 Å². The number of benzene rings is 2. The molecular formula is C15H13Cl2N3O3S. The van der Waals surface area contributed by atoms with Crippen molar-refractivity contribution in [3.8, 4) is 0 Å². The zero-order chi connectivity index (χ0) is 17.5. The van der Waals surface area contributed by atoms with Crippen molar-refractivity contribution in [2.75, 3.05) is 17.1 Å². The fraction of sp³-hybridized carbons (Fsp3) is 0.133. The standard InChI is InChI=1S/C15H13Cl2N3O3S/c1-8-10-6-13(12(18-2)7-14(10)23-19-8)20-24(21,22)15-5-9(16)3-4-11(15)17/h3-7,18,20H,1-2H3. The van der Waals surface area contributed by atoms with Crippen molar-refractivity contribution in [2.45, 2.75) is 11.8 Å². The van der Waals surface area contributed by atoms with Crippen LogP contribution in [0.15, 0.2) is 39.8 Å². The van der Waals surface area contributed by atoms with Crippen LogP contribution in [-0.2, 0) is 10.0 Å². The highest BCUT2D eigenvalue weighted by atomic mass is 35.5. The van der Waals surface area contributed by atoms with Crippen LogP contribution in [0.5, 0.6) is 0 Å². The van der Waals surface area contributed by atoms with Gasteiger partial charge in [-0.1, -0.05) is 28.4 Å². The molecule has 1 heterocycles. The van der Waals surface area contributed by atoms with E-state index in [1.165, 1.54) is 18.2 Å². The highest BCUT2D eigenvalue weighted by Gasteiger charge is 2.21. The molecule has 0 spiro atoms. The molecule has 0 unspecified atom stereocenters. The van der Waals surface area contributed by atoms with E-state index in [0.29, 0.717) is 28.0 Å². The second kappa shape index (κ2) is 6.16. The van der Waals surface area contributed by atoms with Gasteiger partial charge in [-0.15, -0.1) is 0 Å². The molecule has 126 valence electrons. The van der Waals surface area contributed by atoms with Crippen LogP contribution in [-0.4, -0.2) is 20.6 Å². The van der Waals surface area contributed by atoms with Crippen molar-refractivity contribution < 1.29 is 12.9 Å². The summed E-state index contributed by atoms with van der Waals surface area (Å²) in [5, 5.41) is 7.87. The fourth-order valence-electron chi connectivity index (χ4n) is 2.28. The normalized spacial score (nSPS) is 11.7. The van der Waals surface area contributed by atoms with E-state index < -0.39 is 10.0 Å². The second-order valence-electron chi connectivity index (χ2n) is 5.09. The lowest BCUT2D eigenvalue weighted by atomic mass is 10.2. The molecule has 2 aromatic carbocycles. The number of halogens is 2. The first-order valence-electron chi connectivity index (χ1n) is 6.87. The Morgan fingerprint density at radius 1 is 1.12 bits per heavy atom. The number of nitrogens with one attached hydrogen (secondary N) is 2. The smallest absolute Gasteiger partial charge is 0.263 e. The third-order valence-corrected chi connectivity index (χ3v) is 5.57. The molecular weight excluding hydrogens is 373 g/mol. The van der Waals surface area contributed by atoms with E-state index in [1.807, 2.05) is 0 Å². The molecule has 2 N–H and O–H groups in total. The Balaban J connectivity index is 2.10. The topological polar surface area (TPSA) is 84.2 Å². The summed E-state index contributed by atoms with van der Waals surface area (Å²) in [4.78, 5) is -0.0964. The van der Waals surface area contributed by atoms with Gasteiger partial charge in [0.2, 0.25) is 0 Å². The summed E-state index contributed by atoms with van der Waals surface area (Å²) in [5.41, 5.74) is 2.11. The maximum Gasteiger partial charge on any atom is 0.263 e. The molecule has 0 saturated carbocycles. The number of fused-ring (bicyclic) bond motifs is 1. The minimum Gasteiger partial charge on any atom is -0.386 e. The molecule has 0 aliphatic carbocycles. The molecule has 0 amide bonds. The van der Waals surface area contributed by atoms with Gasteiger partial charge in [0.05, 0.1) is 22.1 Å². The Labute approximate surface area is 148 Å². The van der Waals surface area contributed by atoms with Crippen LogP contribution < -0.4 is 10.0 Å². The molecule has 0 aliphatic heterocycles. The number of sulfonamides is 1. The van der Waals surface area contributed by atoms with Crippen molar-refractivity contribution in [1.82, 2.24) is 5.16 Å². The van der Waals surface area contributed by atoms with Gasteiger partial charge in [0, 0.05) is 23.5 Å². The van der Waals surface area contributed by atoms with Gasteiger partial charge in [0.1, 0.15) is 4.90 Å².